The Hall–Kier alpha value is -0.150. The van der Waals surface area contributed by atoms with E-state index in [4.69, 9.17) is 4.74 Å². The van der Waals surface area contributed by atoms with Gasteiger partial charge >= 0.3 is 0 Å². The van der Waals surface area contributed by atoms with Crippen LogP contribution in [0.1, 0.15) is 20.8 Å². The first kappa shape index (κ1) is 14.9. The lowest BCUT2D eigenvalue weighted by molar-refractivity contribution is 0.295. The molecule has 1 unspecified atom stereocenters. The molecular weight excluding hydrogens is 296 g/mol. The largest absolute Gasteiger partial charge is 0.497 e. The molecule has 0 saturated carbocycles. The number of ether oxygens (including phenoxy) is 1. The highest BCUT2D eigenvalue weighted by Crippen LogP contribution is 2.33. The maximum atomic E-state index is 5.23. The number of rotatable bonds is 5. The molecule has 96 valence electrons. The molecule has 0 N–H and O–H groups in total. The van der Waals surface area contributed by atoms with E-state index in [-0.39, 0.29) is 0 Å². The summed E-state index contributed by atoms with van der Waals surface area (Å²) in [5.41, 5.74) is 0.343. The lowest BCUT2D eigenvalue weighted by Gasteiger charge is -2.28. The smallest absolute Gasteiger partial charge is 0.119 e. The molecule has 0 aliphatic rings. The van der Waals surface area contributed by atoms with Crippen LogP contribution in [0.5, 0.6) is 5.75 Å². The second-order valence-electron chi connectivity index (χ2n) is 5.21. The maximum absolute atomic E-state index is 5.23. The summed E-state index contributed by atoms with van der Waals surface area (Å²) < 4.78 is 5.23. The maximum Gasteiger partial charge on any atom is 0.119 e. The fraction of sp³-hybridized carbons (Fsp3) is 0.571. The summed E-state index contributed by atoms with van der Waals surface area (Å²) in [4.78, 5) is 1.28. The highest BCUT2D eigenvalue weighted by molar-refractivity contribution is 9.09. The minimum Gasteiger partial charge on any atom is -0.497 e. The summed E-state index contributed by atoms with van der Waals surface area (Å²) in [6.07, 6.45) is 0. The van der Waals surface area contributed by atoms with Crippen LogP contribution in [0.25, 0.3) is 0 Å². The molecule has 0 radical (unpaired) electrons. The Balaban J connectivity index is 2.59. The summed E-state index contributed by atoms with van der Waals surface area (Å²) >= 11 is 5.51. The molecule has 1 aromatic carbocycles. The number of alkyl halides is 1. The topological polar surface area (TPSA) is 9.23 Å². The van der Waals surface area contributed by atoms with Gasteiger partial charge in [0.1, 0.15) is 5.75 Å². The Morgan fingerprint density at radius 2 is 2.06 bits per heavy atom. The second-order valence-corrected chi connectivity index (χ2v) is 6.95. The molecule has 0 saturated heterocycles. The molecule has 1 rings (SSSR count). The summed E-state index contributed by atoms with van der Waals surface area (Å²) in [6, 6.07) is 8.26. The molecule has 0 heterocycles. The fourth-order valence-electron chi connectivity index (χ4n) is 1.41. The quantitative estimate of drug-likeness (QED) is 0.567. The third kappa shape index (κ3) is 4.92. The highest BCUT2D eigenvalue weighted by atomic mass is 79.9. The molecule has 1 nitrogen and oxygen atoms in total. The van der Waals surface area contributed by atoms with Crippen molar-refractivity contribution in [1.82, 2.24) is 0 Å². The SMILES string of the molecule is COc1cccc(SCC(CBr)C(C)(C)C)c1. The van der Waals surface area contributed by atoms with Gasteiger partial charge in [-0.1, -0.05) is 42.8 Å². The minimum absolute atomic E-state index is 0.343. The number of benzene rings is 1. The Morgan fingerprint density at radius 1 is 1.35 bits per heavy atom. The number of methoxy groups -OCH3 is 1. The standard InChI is InChI=1S/C14H21BrOS/c1-14(2,3)11(9-15)10-17-13-7-5-6-12(8-13)16-4/h5-8,11H,9-10H2,1-4H3. The van der Waals surface area contributed by atoms with Crippen molar-refractivity contribution in [2.45, 2.75) is 25.7 Å². The lowest BCUT2D eigenvalue weighted by atomic mass is 9.83. The van der Waals surface area contributed by atoms with E-state index in [1.54, 1.807) is 7.11 Å². The van der Waals surface area contributed by atoms with Crippen molar-refractivity contribution in [2.75, 3.05) is 18.2 Å². The molecule has 0 aliphatic heterocycles. The predicted octanol–water partition coefficient (Wildman–Crippen LogP) is 4.84. The average Bonchev–Trinajstić information content (AvgIpc) is 2.28. The van der Waals surface area contributed by atoms with Crippen LogP contribution in [0.2, 0.25) is 0 Å². The normalized spacial score (nSPS) is 13.5. The summed E-state index contributed by atoms with van der Waals surface area (Å²) in [5.74, 6) is 2.72. The van der Waals surface area contributed by atoms with Gasteiger partial charge in [0.2, 0.25) is 0 Å². The highest BCUT2D eigenvalue weighted by Gasteiger charge is 2.23. The van der Waals surface area contributed by atoms with Crippen LogP contribution in [-0.4, -0.2) is 18.2 Å². The van der Waals surface area contributed by atoms with Gasteiger partial charge in [0.15, 0.2) is 0 Å². The zero-order chi connectivity index (χ0) is 12.9. The van der Waals surface area contributed by atoms with E-state index in [2.05, 4.69) is 48.8 Å². The van der Waals surface area contributed by atoms with Gasteiger partial charge in [-0.15, -0.1) is 11.8 Å². The fourth-order valence-corrected chi connectivity index (χ4v) is 4.30. The number of thioether (sulfide) groups is 1. The molecule has 0 aromatic heterocycles. The van der Waals surface area contributed by atoms with Crippen molar-refractivity contribution in [3.63, 3.8) is 0 Å². The molecular formula is C14H21BrOS. The first-order valence-corrected chi connectivity index (χ1v) is 7.91. The van der Waals surface area contributed by atoms with E-state index in [1.807, 2.05) is 23.9 Å². The van der Waals surface area contributed by atoms with E-state index in [0.29, 0.717) is 11.3 Å². The average molecular weight is 317 g/mol. The Kier molecular flexibility index (Phi) is 5.87. The van der Waals surface area contributed by atoms with Gasteiger partial charge in [0.25, 0.3) is 0 Å². The minimum atomic E-state index is 0.343. The molecule has 17 heavy (non-hydrogen) atoms. The van der Waals surface area contributed by atoms with Crippen LogP contribution in [0.4, 0.5) is 0 Å². The zero-order valence-electron chi connectivity index (χ0n) is 11.0. The van der Waals surface area contributed by atoms with E-state index >= 15 is 0 Å². The van der Waals surface area contributed by atoms with Gasteiger partial charge in [0, 0.05) is 16.0 Å². The summed E-state index contributed by atoms with van der Waals surface area (Å²) in [5, 5.41) is 1.05. The van der Waals surface area contributed by atoms with Gasteiger partial charge in [-0.25, -0.2) is 0 Å². The van der Waals surface area contributed by atoms with Gasteiger partial charge in [-0.05, 0) is 29.5 Å². The third-order valence-electron chi connectivity index (χ3n) is 2.90. The molecule has 3 heteroatoms. The summed E-state index contributed by atoms with van der Waals surface area (Å²) in [7, 11) is 1.71. The predicted molar refractivity (Wildman–Crippen MR) is 80.5 cm³/mol. The van der Waals surface area contributed by atoms with Gasteiger partial charge in [0.05, 0.1) is 7.11 Å². The van der Waals surface area contributed by atoms with Gasteiger partial charge < -0.3 is 4.74 Å². The monoisotopic (exact) mass is 316 g/mol. The molecule has 0 spiro atoms. The zero-order valence-corrected chi connectivity index (χ0v) is 13.4. The van der Waals surface area contributed by atoms with E-state index in [9.17, 15) is 0 Å². The van der Waals surface area contributed by atoms with E-state index < -0.39 is 0 Å². The Morgan fingerprint density at radius 3 is 2.59 bits per heavy atom. The van der Waals surface area contributed by atoms with Crippen LogP contribution in [0.15, 0.2) is 29.2 Å². The second kappa shape index (κ2) is 6.69. The van der Waals surface area contributed by atoms with Crippen molar-refractivity contribution in [1.29, 1.82) is 0 Å². The molecule has 1 aromatic rings. The van der Waals surface area contributed by atoms with Crippen LogP contribution < -0.4 is 4.74 Å². The Bertz CT molecular complexity index is 346. The number of halogens is 1. The molecule has 0 fully saturated rings. The van der Waals surface area contributed by atoms with Crippen LogP contribution in [-0.2, 0) is 0 Å². The van der Waals surface area contributed by atoms with Crippen molar-refractivity contribution in [3.8, 4) is 5.75 Å². The van der Waals surface area contributed by atoms with Crippen molar-refractivity contribution in [3.05, 3.63) is 24.3 Å². The van der Waals surface area contributed by atoms with Crippen LogP contribution in [0, 0.1) is 11.3 Å². The van der Waals surface area contributed by atoms with E-state index in [1.165, 1.54) is 4.90 Å². The van der Waals surface area contributed by atoms with Crippen molar-refractivity contribution >= 4 is 27.7 Å². The van der Waals surface area contributed by atoms with E-state index in [0.717, 1.165) is 16.8 Å². The first-order chi connectivity index (χ1) is 7.97. The third-order valence-corrected chi connectivity index (χ3v) is 4.84. The lowest BCUT2D eigenvalue weighted by Crippen LogP contribution is -2.23. The van der Waals surface area contributed by atoms with Gasteiger partial charge in [-0.3, -0.25) is 0 Å². The van der Waals surface area contributed by atoms with Gasteiger partial charge in [-0.2, -0.15) is 0 Å². The molecule has 1 atom stereocenters. The molecule has 0 amide bonds. The molecule has 0 aliphatic carbocycles. The van der Waals surface area contributed by atoms with Crippen molar-refractivity contribution in [2.24, 2.45) is 11.3 Å². The Labute approximate surface area is 117 Å². The number of hydrogen-bond donors (Lipinski definition) is 0. The van der Waals surface area contributed by atoms with Crippen LogP contribution in [0.3, 0.4) is 0 Å². The first-order valence-electron chi connectivity index (χ1n) is 5.80. The van der Waals surface area contributed by atoms with Crippen molar-refractivity contribution < 1.29 is 4.74 Å². The number of hydrogen-bond acceptors (Lipinski definition) is 2. The summed E-state index contributed by atoms with van der Waals surface area (Å²) in [6.45, 7) is 6.89. The van der Waals surface area contributed by atoms with Crippen LogP contribution >= 0.6 is 27.7 Å². The molecule has 0 bridgehead atoms.